The first kappa shape index (κ1) is 18.4. The topological polar surface area (TPSA) is 41.5 Å². The molecule has 0 bridgehead atoms. The number of hydrogen-bond donors (Lipinski definition) is 0. The van der Waals surface area contributed by atoms with Crippen LogP contribution in [0.4, 0.5) is 10.2 Å². The third kappa shape index (κ3) is 4.84. The lowest BCUT2D eigenvalue weighted by molar-refractivity contribution is 0.248. The number of pyridine rings is 2. The Balaban J connectivity index is 1.31. The van der Waals surface area contributed by atoms with E-state index in [2.05, 4.69) is 19.8 Å². The molecule has 0 unspecified atom stereocenters. The van der Waals surface area contributed by atoms with E-state index in [1.54, 1.807) is 12.4 Å². The van der Waals surface area contributed by atoms with E-state index in [0.717, 1.165) is 49.7 Å². The second-order valence-corrected chi connectivity index (χ2v) is 6.87. The van der Waals surface area contributed by atoms with Crippen LogP contribution in [0.1, 0.15) is 11.1 Å². The number of rotatable bonds is 6. The van der Waals surface area contributed by atoms with Crippen LogP contribution in [-0.2, 0) is 13.2 Å². The highest BCUT2D eigenvalue weighted by molar-refractivity contribution is 5.41. The number of piperazine rings is 1. The van der Waals surface area contributed by atoms with Gasteiger partial charge in [0.15, 0.2) is 0 Å². The number of nitrogens with zero attached hydrogens (tertiary/aromatic N) is 4. The summed E-state index contributed by atoms with van der Waals surface area (Å²) < 4.78 is 18.9. The van der Waals surface area contributed by atoms with Gasteiger partial charge in [0.1, 0.15) is 18.2 Å². The van der Waals surface area contributed by atoms with Gasteiger partial charge in [0.25, 0.3) is 0 Å². The lowest BCUT2D eigenvalue weighted by Gasteiger charge is -2.35. The van der Waals surface area contributed by atoms with Crippen molar-refractivity contribution in [1.82, 2.24) is 14.9 Å². The predicted molar refractivity (Wildman–Crippen MR) is 107 cm³/mol. The molecule has 3 aromatic rings. The standard InChI is InChI=1S/C22H23FN4O/c23-20-6-4-18(5-7-20)16-26-12-14-27(15-13-26)21-2-1-3-22(25-21)28-17-19-8-10-24-11-9-19/h1-11H,12-17H2. The van der Waals surface area contributed by atoms with Crippen molar-refractivity contribution in [2.24, 2.45) is 0 Å². The zero-order chi connectivity index (χ0) is 19.2. The molecule has 1 fully saturated rings. The van der Waals surface area contributed by atoms with Crippen molar-refractivity contribution < 1.29 is 9.13 Å². The van der Waals surface area contributed by atoms with Crippen LogP contribution in [0.3, 0.4) is 0 Å². The Morgan fingerprint density at radius 3 is 2.36 bits per heavy atom. The molecule has 0 spiro atoms. The molecule has 5 nitrogen and oxygen atoms in total. The van der Waals surface area contributed by atoms with Crippen molar-refractivity contribution >= 4 is 5.82 Å². The summed E-state index contributed by atoms with van der Waals surface area (Å²) in [5.74, 6) is 1.38. The molecule has 0 saturated carbocycles. The third-order valence-corrected chi connectivity index (χ3v) is 4.86. The minimum atomic E-state index is -0.189. The third-order valence-electron chi connectivity index (χ3n) is 4.86. The summed E-state index contributed by atoms with van der Waals surface area (Å²) in [5, 5.41) is 0. The van der Waals surface area contributed by atoms with Crippen LogP contribution in [0.25, 0.3) is 0 Å². The van der Waals surface area contributed by atoms with Crippen molar-refractivity contribution in [2.75, 3.05) is 31.1 Å². The number of aromatic nitrogens is 2. The van der Waals surface area contributed by atoms with Crippen LogP contribution in [0.2, 0.25) is 0 Å². The summed E-state index contributed by atoms with van der Waals surface area (Å²) >= 11 is 0. The van der Waals surface area contributed by atoms with Gasteiger partial charge in [-0.3, -0.25) is 9.88 Å². The Labute approximate surface area is 164 Å². The van der Waals surface area contributed by atoms with Gasteiger partial charge in [0.05, 0.1) is 0 Å². The fraction of sp³-hybridized carbons (Fsp3) is 0.273. The van der Waals surface area contributed by atoms with Crippen LogP contribution in [0.5, 0.6) is 5.88 Å². The van der Waals surface area contributed by atoms with Gasteiger partial charge in [-0.1, -0.05) is 18.2 Å². The van der Waals surface area contributed by atoms with Crippen molar-refractivity contribution in [3.8, 4) is 5.88 Å². The average Bonchev–Trinajstić information content (AvgIpc) is 2.75. The Kier molecular flexibility index (Phi) is 5.77. The summed E-state index contributed by atoms with van der Waals surface area (Å²) in [7, 11) is 0. The smallest absolute Gasteiger partial charge is 0.215 e. The fourth-order valence-electron chi connectivity index (χ4n) is 3.28. The highest BCUT2D eigenvalue weighted by atomic mass is 19.1. The van der Waals surface area contributed by atoms with Gasteiger partial charge in [0, 0.05) is 51.2 Å². The van der Waals surface area contributed by atoms with Crippen LogP contribution < -0.4 is 9.64 Å². The monoisotopic (exact) mass is 378 g/mol. The molecule has 0 radical (unpaired) electrons. The molecule has 2 aromatic heterocycles. The molecule has 1 aromatic carbocycles. The molecule has 6 heteroatoms. The predicted octanol–water partition coefficient (Wildman–Crippen LogP) is 3.52. The maximum absolute atomic E-state index is 13.0. The Hall–Kier alpha value is -2.99. The summed E-state index contributed by atoms with van der Waals surface area (Å²) in [4.78, 5) is 13.3. The highest BCUT2D eigenvalue weighted by Gasteiger charge is 2.18. The number of benzene rings is 1. The zero-order valence-corrected chi connectivity index (χ0v) is 15.7. The minimum Gasteiger partial charge on any atom is -0.473 e. The first-order chi connectivity index (χ1) is 13.8. The molecular weight excluding hydrogens is 355 g/mol. The second-order valence-electron chi connectivity index (χ2n) is 6.87. The SMILES string of the molecule is Fc1ccc(CN2CCN(c3cccc(OCc4ccncc4)n3)CC2)cc1. The van der Waals surface area contributed by atoms with E-state index in [1.807, 2.05) is 42.5 Å². The molecule has 144 valence electrons. The van der Waals surface area contributed by atoms with E-state index in [0.29, 0.717) is 12.5 Å². The van der Waals surface area contributed by atoms with E-state index >= 15 is 0 Å². The fourth-order valence-corrected chi connectivity index (χ4v) is 3.28. The number of ether oxygens (including phenoxy) is 1. The molecule has 28 heavy (non-hydrogen) atoms. The van der Waals surface area contributed by atoms with Crippen LogP contribution in [0, 0.1) is 5.82 Å². The zero-order valence-electron chi connectivity index (χ0n) is 15.7. The highest BCUT2D eigenvalue weighted by Crippen LogP contribution is 2.19. The van der Waals surface area contributed by atoms with Crippen molar-refractivity contribution in [3.05, 3.63) is 83.9 Å². The molecule has 1 aliphatic heterocycles. The molecule has 0 atom stereocenters. The van der Waals surface area contributed by atoms with E-state index in [9.17, 15) is 4.39 Å². The maximum atomic E-state index is 13.0. The summed E-state index contributed by atoms with van der Waals surface area (Å²) in [6, 6.07) is 16.5. The molecule has 0 N–H and O–H groups in total. The van der Waals surface area contributed by atoms with Crippen LogP contribution in [0.15, 0.2) is 67.0 Å². The number of anilines is 1. The Morgan fingerprint density at radius 1 is 0.857 bits per heavy atom. The van der Waals surface area contributed by atoms with E-state index in [-0.39, 0.29) is 5.82 Å². The Morgan fingerprint density at radius 2 is 1.61 bits per heavy atom. The largest absolute Gasteiger partial charge is 0.473 e. The van der Waals surface area contributed by atoms with Crippen molar-refractivity contribution in [1.29, 1.82) is 0 Å². The Bertz CT molecular complexity index is 881. The molecule has 0 aliphatic carbocycles. The van der Waals surface area contributed by atoms with Crippen LogP contribution in [-0.4, -0.2) is 41.0 Å². The molecule has 0 amide bonds. The second kappa shape index (κ2) is 8.80. The van der Waals surface area contributed by atoms with E-state index in [4.69, 9.17) is 4.74 Å². The first-order valence-corrected chi connectivity index (χ1v) is 9.47. The van der Waals surface area contributed by atoms with Gasteiger partial charge in [-0.25, -0.2) is 4.39 Å². The normalized spacial score (nSPS) is 14.8. The van der Waals surface area contributed by atoms with Gasteiger partial charge in [-0.15, -0.1) is 0 Å². The number of hydrogen-bond acceptors (Lipinski definition) is 5. The molecule has 4 rings (SSSR count). The lowest BCUT2D eigenvalue weighted by atomic mass is 10.2. The van der Waals surface area contributed by atoms with Gasteiger partial charge < -0.3 is 9.64 Å². The number of halogens is 1. The quantitative estimate of drug-likeness (QED) is 0.657. The molecule has 3 heterocycles. The van der Waals surface area contributed by atoms with Gasteiger partial charge in [-0.2, -0.15) is 4.98 Å². The van der Waals surface area contributed by atoms with Crippen molar-refractivity contribution in [2.45, 2.75) is 13.2 Å². The molecule has 1 saturated heterocycles. The van der Waals surface area contributed by atoms with Crippen LogP contribution >= 0.6 is 0 Å². The summed E-state index contributed by atoms with van der Waals surface area (Å²) in [5.41, 5.74) is 2.20. The minimum absolute atomic E-state index is 0.189. The van der Waals surface area contributed by atoms with E-state index in [1.165, 1.54) is 12.1 Å². The maximum Gasteiger partial charge on any atom is 0.215 e. The van der Waals surface area contributed by atoms with Gasteiger partial charge >= 0.3 is 0 Å². The van der Waals surface area contributed by atoms with E-state index < -0.39 is 0 Å². The first-order valence-electron chi connectivity index (χ1n) is 9.47. The lowest BCUT2D eigenvalue weighted by Crippen LogP contribution is -2.46. The average molecular weight is 378 g/mol. The van der Waals surface area contributed by atoms with Crippen molar-refractivity contribution in [3.63, 3.8) is 0 Å². The molecule has 1 aliphatic rings. The van der Waals surface area contributed by atoms with Gasteiger partial charge in [0.2, 0.25) is 5.88 Å². The summed E-state index contributed by atoms with van der Waals surface area (Å²) in [6.07, 6.45) is 3.52. The molecular formula is C22H23FN4O. The summed E-state index contributed by atoms with van der Waals surface area (Å²) in [6.45, 7) is 5.02. The van der Waals surface area contributed by atoms with Gasteiger partial charge in [-0.05, 0) is 41.5 Å².